The maximum atomic E-state index is 9.96. The maximum absolute atomic E-state index is 9.96. The molecular formula is C5H4NO3-. The van der Waals surface area contributed by atoms with Crippen molar-refractivity contribution >= 4 is 5.97 Å². The lowest BCUT2D eigenvalue weighted by Gasteiger charge is -1.93. The van der Waals surface area contributed by atoms with Gasteiger partial charge in [0.2, 0.25) is 0 Å². The minimum Gasteiger partial charge on any atom is -0.543 e. The van der Waals surface area contributed by atoms with Crippen LogP contribution >= 0.6 is 0 Å². The van der Waals surface area contributed by atoms with Gasteiger partial charge in [-0.1, -0.05) is 0 Å². The van der Waals surface area contributed by atoms with Gasteiger partial charge in [-0.05, 0) is 6.07 Å². The molecule has 4 nitrogen and oxygen atoms in total. The Morgan fingerprint density at radius 3 is 2.56 bits per heavy atom. The van der Waals surface area contributed by atoms with Crippen LogP contribution < -0.4 is 5.11 Å². The molecule has 2 N–H and O–H groups in total. The van der Waals surface area contributed by atoms with E-state index in [9.17, 15) is 9.90 Å². The molecule has 1 rings (SSSR count). The Labute approximate surface area is 50.8 Å². The molecule has 1 aromatic heterocycles. The summed E-state index contributed by atoms with van der Waals surface area (Å²) >= 11 is 0. The standard InChI is InChI=1S/C5H5NO3/c7-4-2-1-3(6-4)5(8)9/h1-2,6-7H,(H,8,9)/p-1. The first-order chi connectivity index (χ1) is 4.20. The van der Waals surface area contributed by atoms with Crippen LogP contribution in [0.15, 0.2) is 12.1 Å². The normalized spacial score (nSPS) is 9.33. The van der Waals surface area contributed by atoms with E-state index in [-0.39, 0.29) is 11.6 Å². The summed E-state index contributed by atoms with van der Waals surface area (Å²) in [5.74, 6) is -1.50. The molecule has 4 heteroatoms. The predicted octanol–water partition coefficient (Wildman–Crippen LogP) is -0.916. The summed E-state index contributed by atoms with van der Waals surface area (Å²) < 4.78 is 0. The lowest BCUT2D eigenvalue weighted by Crippen LogP contribution is -2.22. The van der Waals surface area contributed by atoms with Crippen LogP contribution in [-0.2, 0) is 0 Å². The third-order valence-electron chi connectivity index (χ3n) is 0.891. The Morgan fingerprint density at radius 2 is 2.33 bits per heavy atom. The van der Waals surface area contributed by atoms with Gasteiger partial charge in [0.25, 0.3) is 0 Å². The fraction of sp³-hybridized carbons (Fsp3) is 0. The highest BCUT2D eigenvalue weighted by Crippen LogP contribution is 2.05. The molecule has 0 bridgehead atoms. The number of aromatic hydroxyl groups is 1. The average molecular weight is 126 g/mol. The summed E-state index contributed by atoms with van der Waals surface area (Å²) in [7, 11) is 0. The zero-order chi connectivity index (χ0) is 6.85. The van der Waals surface area contributed by atoms with Gasteiger partial charge < -0.3 is 20.0 Å². The second kappa shape index (κ2) is 1.81. The first-order valence-electron chi connectivity index (χ1n) is 2.29. The van der Waals surface area contributed by atoms with Gasteiger partial charge in [-0.2, -0.15) is 0 Å². The first-order valence-corrected chi connectivity index (χ1v) is 2.29. The minimum atomic E-state index is -1.32. The van der Waals surface area contributed by atoms with Crippen molar-refractivity contribution in [1.29, 1.82) is 0 Å². The van der Waals surface area contributed by atoms with Crippen LogP contribution in [0.2, 0.25) is 0 Å². The van der Waals surface area contributed by atoms with Gasteiger partial charge >= 0.3 is 0 Å². The third-order valence-corrected chi connectivity index (χ3v) is 0.891. The molecule has 1 heterocycles. The lowest BCUT2D eigenvalue weighted by atomic mass is 10.4. The van der Waals surface area contributed by atoms with E-state index >= 15 is 0 Å². The van der Waals surface area contributed by atoms with Gasteiger partial charge in [-0.3, -0.25) is 0 Å². The maximum Gasteiger partial charge on any atom is 0.188 e. The molecule has 0 saturated heterocycles. The number of carboxylic acid groups (broad SMARTS) is 1. The summed E-state index contributed by atoms with van der Waals surface area (Å²) in [5.41, 5.74) is -0.118. The fourth-order valence-electron chi connectivity index (χ4n) is 0.503. The van der Waals surface area contributed by atoms with Gasteiger partial charge in [0.15, 0.2) is 5.88 Å². The average Bonchev–Trinajstić information content (AvgIpc) is 2.14. The molecule has 0 fully saturated rings. The number of nitrogens with one attached hydrogen (secondary N) is 1. The summed E-state index contributed by atoms with van der Waals surface area (Å²) in [6, 6.07) is 2.47. The Hall–Kier alpha value is -1.45. The molecule has 0 atom stereocenters. The summed E-state index contributed by atoms with van der Waals surface area (Å²) in [5, 5.41) is 18.5. The topological polar surface area (TPSA) is 76.2 Å². The zero-order valence-corrected chi connectivity index (χ0v) is 4.42. The van der Waals surface area contributed by atoms with E-state index in [1.54, 1.807) is 0 Å². The lowest BCUT2D eigenvalue weighted by molar-refractivity contribution is -0.255. The molecule has 0 radical (unpaired) electrons. The van der Waals surface area contributed by atoms with E-state index in [4.69, 9.17) is 5.11 Å². The van der Waals surface area contributed by atoms with Crippen LogP contribution in [0, 0.1) is 0 Å². The van der Waals surface area contributed by atoms with Crippen LogP contribution in [0.5, 0.6) is 5.88 Å². The molecule has 9 heavy (non-hydrogen) atoms. The van der Waals surface area contributed by atoms with Crippen molar-refractivity contribution in [2.24, 2.45) is 0 Å². The van der Waals surface area contributed by atoms with E-state index < -0.39 is 5.97 Å². The van der Waals surface area contributed by atoms with Crippen LogP contribution in [0.3, 0.4) is 0 Å². The van der Waals surface area contributed by atoms with Gasteiger partial charge in [0.05, 0.1) is 11.7 Å². The zero-order valence-electron chi connectivity index (χ0n) is 4.42. The SMILES string of the molecule is O=C([O-])c1ccc(O)[nH]1. The van der Waals surface area contributed by atoms with Crippen LogP contribution in [-0.4, -0.2) is 16.1 Å². The van der Waals surface area contributed by atoms with E-state index in [1.165, 1.54) is 12.1 Å². The van der Waals surface area contributed by atoms with Crippen molar-refractivity contribution in [1.82, 2.24) is 4.98 Å². The monoisotopic (exact) mass is 126 g/mol. The molecule has 0 aromatic carbocycles. The molecule has 0 aliphatic heterocycles. The number of carbonyl (C=O) groups is 1. The van der Waals surface area contributed by atoms with E-state index in [1.807, 2.05) is 0 Å². The van der Waals surface area contributed by atoms with Gasteiger partial charge in [-0.25, -0.2) is 0 Å². The number of hydrogen-bond donors (Lipinski definition) is 2. The van der Waals surface area contributed by atoms with Crippen LogP contribution in [0.25, 0.3) is 0 Å². The molecule has 0 saturated carbocycles. The highest BCUT2D eigenvalue weighted by molar-refractivity contribution is 5.83. The number of H-pyrrole nitrogens is 1. The van der Waals surface area contributed by atoms with Crippen molar-refractivity contribution in [2.75, 3.05) is 0 Å². The van der Waals surface area contributed by atoms with Gasteiger partial charge in [-0.15, -0.1) is 0 Å². The van der Waals surface area contributed by atoms with E-state index in [0.29, 0.717) is 0 Å². The van der Waals surface area contributed by atoms with Gasteiger partial charge in [0.1, 0.15) is 0 Å². The molecule has 48 valence electrons. The van der Waals surface area contributed by atoms with Crippen molar-refractivity contribution in [3.63, 3.8) is 0 Å². The second-order valence-electron chi connectivity index (χ2n) is 1.54. The molecule has 1 aromatic rings. The number of rotatable bonds is 1. The van der Waals surface area contributed by atoms with E-state index in [0.717, 1.165) is 0 Å². The molecular weight excluding hydrogens is 122 g/mol. The number of carboxylic acids is 1. The Balaban J connectivity index is 2.98. The highest BCUT2D eigenvalue weighted by Gasteiger charge is 1.94. The smallest absolute Gasteiger partial charge is 0.188 e. The largest absolute Gasteiger partial charge is 0.543 e. The highest BCUT2D eigenvalue weighted by atomic mass is 16.4. The quantitative estimate of drug-likeness (QED) is 0.511. The Kier molecular flexibility index (Phi) is 1.14. The number of hydrogen-bond acceptors (Lipinski definition) is 3. The van der Waals surface area contributed by atoms with Crippen molar-refractivity contribution in [3.8, 4) is 5.88 Å². The molecule has 0 aliphatic carbocycles. The third kappa shape index (κ3) is 1.02. The van der Waals surface area contributed by atoms with Crippen molar-refractivity contribution in [2.45, 2.75) is 0 Å². The molecule has 0 spiro atoms. The minimum absolute atomic E-state index is 0.118. The summed E-state index contributed by atoms with van der Waals surface area (Å²) in [6.07, 6.45) is 0. The van der Waals surface area contributed by atoms with E-state index in [2.05, 4.69) is 4.98 Å². The van der Waals surface area contributed by atoms with Crippen LogP contribution in [0.4, 0.5) is 0 Å². The number of aromatic nitrogens is 1. The Morgan fingerprint density at radius 1 is 1.67 bits per heavy atom. The summed E-state index contributed by atoms with van der Waals surface area (Å²) in [6.45, 7) is 0. The number of carbonyl (C=O) groups excluding carboxylic acids is 1. The second-order valence-corrected chi connectivity index (χ2v) is 1.54. The number of aromatic carboxylic acids is 1. The molecule has 0 unspecified atom stereocenters. The van der Waals surface area contributed by atoms with Crippen molar-refractivity contribution in [3.05, 3.63) is 17.8 Å². The van der Waals surface area contributed by atoms with Gasteiger partial charge in [0, 0.05) is 6.07 Å². The number of aromatic amines is 1. The van der Waals surface area contributed by atoms with Crippen LogP contribution in [0.1, 0.15) is 10.5 Å². The fourth-order valence-corrected chi connectivity index (χ4v) is 0.503. The molecule has 0 aliphatic rings. The predicted molar refractivity (Wildman–Crippen MR) is 26.8 cm³/mol. The van der Waals surface area contributed by atoms with Crippen molar-refractivity contribution < 1.29 is 15.0 Å². The molecule has 0 amide bonds. The first kappa shape index (κ1) is 5.68. The Bertz CT molecular complexity index is 228. The summed E-state index contributed by atoms with van der Waals surface area (Å²) in [4.78, 5) is 12.1.